The van der Waals surface area contributed by atoms with Crippen molar-refractivity contribution >= 4 is 11.6 Å². The number of nitrogens with one attached hydrogen (secondary N) is 1. The summed E-state index contributed by atoms with van der Waals surface area (Å²) in [5.74, 6) is 1.02. The number of aliphatic hydroxyl groups is 1. The first-order valence-corrected chi connectivity index (χ1v) is 5.38. The summed E-state index contributed by atoms with van der Waals surface area (Å²) in [5, 5.41) is 20.3. The number of nitrogen functional groups attached to an aromatic ring is 1. The second kappa shape index (κ2) is 5.12. The van der Waals surface area contributed by atoms with E-state index >= 15 is 0 Å². The first-order valence-electron chi connectivity index (χ1n) is 5.38. The van der Waals surface area contributed by atoms with E-state index in [-0.39, 0.29) is 11.5 Å². The molecule has 0 amide bonds. The number of anilines is 2. The molecule has 90 valence electrons. The minimum atomic E-state index is -0.389. The van der Waals surface area contributed by atoms with E-state index in [1.54, 1.807) is 12.1 Å². The van der Waals surface area contributed by atoms with Crippen molar-refractivity contribution in [3.05, 3.63) is 12.1 Å². The number of nitrogens with two attached hydrogens (primary N) is 1. The second-order valence-corrected chi connectivity index (χ2v) is 5.14. The van der Waals surface area contributed by atoms with Gasteiger partial charge in [0.2, 0.25) is 0 Å². The van der Waals surface area contributed by atoms with Crippen LogP contribution >= 0.6 is 0 Å². The van der Waals surface area contributed by atoms with E-state index in [9.17, 15) is 5.11 Å². The molecule has 0 saturated heterocycles. The van der Waals surface area contributed by atoms with Gasteiger partial charge in [-0.15, -0.1) is 10.2 Å². The lowest BCUT2D eigenvalue weighted by Crippen LogP contribution is -2.25. The molecule has 1 unspecified atom stereocenters. The van der Waals surface area contributed by atoms with Gasteiger partial charge >= 0.3 is 0 Å². The van der Waals surface area contributed by atoms with Gasteiger partial charge in [0.15, 0.2) is 0 Å². The van der Waals surface area contributed by atoms with E-state index < -0.39 is 0 Å². The van der Waals surface area contributed by atoms with Gasteiger partial charge in [-0.3, -0.25) is 0 Å². The molecule has 1 aromatic rings. The SMILES string of the molecule is CC(C)(C)CC(O)CNc1ccc(N)nn1. The van der Waals surface area contributed by atoms with E-state index in [1.165, 1.54) is 0 Å². The number of hydrogen-bond donors (Lipinski definition) is 3. The van der Waals surface area contributed by atoms with E-state index in [0.717, 1.165) is 6.42 Å². The highest BCUT2D eigenvalue weighted by Gasteiger charge is 2.16. The predicted octanol–water partition coefficient (Wildman–Crippen LogP) is 1.27. The van der Waals surface area contributed by atoms with Gasteiger partial charge in [-0.2, -0.15) is 0 Å². The lowest BCUT2D eigenvalue weighted by Gasteiger charge is -2.22. The fraction of sp³-hybridized carbons (Fsp3) is 0.636. The largest absolute Gasteiger partial charge is 0.391 e. The van der Waals surface area contributed by atoms with Crippen molar-refractivity contribution in [3.8, 4) is 0 Å². The summed E-state index contributed by atoms with van der Waals surface area (Å²) < 4.78 is 0. The van der Waals surface area contributed by atoms with Crippen molar-refractivity contribution in [2.75, 3.05) is 17.6 Å². The van der Waals surface area contributed by atoms with Crippen molar-refractivity contribution < 1.29 is 5.11 Å². The number of aromatic nitrogens is 2. The first kappa shape index (κ1) is 12.7. The van der Waals surface area contributed by atoms with E-state index in [0.29, 0.717) is 18.2 Å². The Labute approximate surface area is 96.1 Å². The zero-order chi connectivity index (χ0) is 12.2. The molecule has 0 aliphatic heterocycles. The Morgan fingerprint density at radius 2 is 2.06 bits per heavy atom. The lowest BCUT2D eigenvalue weighted by atomic mass is 9.89. The van der Waals surface area contributed by atoms with Gasteiger partial charge in [-0.05, 0) is 24.0 Å². The van der Waals surface area contributed by atoms with Gasteiger partial charge in [-0.25, -0.2) is 0 Å². The monoisotopic (exact) mass is 224 g/mol. The van der Waals surface area contributed by atoms with Crippen molar-refractivity contribution in [1.29, 1.82) is 0 Å². The standard InChI is InChI=1S/C11H20N4O/c1-11(2,3)6-8(16)7-13-10-5-4-9(12)14-15-10/h4-5,8,16H,6-7H2,1-3H3,(H2,12,14)(H,13,15). The predicted molar refractivity (Wildman–Crippen MR) is 65.0 cm³/mol. The zero-order valence-corrected chi connectivity index (χ0v) is 10.1. The number of rotatable bonds is 4. The highest BCUT2D eigenvalue weighted by molar-refractivity contribution is 5.38. The Balaban J connectivity index is 2.37. The van der Waals surface area contributed by atoms with Crippen LogP contribution in [0.5, 0.6) is 0 Å². The van der Waals surface area contributed by atoms with Gasteiger partial charge in [0.25, 0.3) is 0 Å². The summed E-state index contributed by atoms with van der Waals surface area (Å²) in [6.45, 7) is 6.76. The Bertz CT molecular complexity index is 318. The van der Waals surface area contributed by atoms with Crippen LogP contribution in [0.2, 0.25) is 0 Å². The Morgan fingerprint density at radius 1 is 1.38 bits per heavy atom. The summed E-state index contributed by atoms with van der Waals surface area (Å²) >= 11 is 0. The smallest absolute Gasteiger partial charge is 0.148 e. The highest BCUT2D eigenvalue weighted by atomic mass is 16.3. The summed E-state index contributed by atoms with van der Waals surface area (Å²) in [6, 6.07) is 3.41. The lowest BCUT2D eigenvalue weighted by molar-refractivity contribution is 0.132. The molecule has 1 heterocycles. The van der Waals surface area contributed by atoms with Crippen molar-refractivity contribution in [2.24, 2.45) is 5.41 Å². The average Bonchev–Trinajstić information content (AvgIpc) is 2.14. The van der Waals surface area contributed by atoms with Crippen LogP contribution in [0, 0.1) is 5.41 Å². The molecule has 0 aliphatic rings. The van der Waals surface area contributed by atoms with Crippen molar-refractivity contribution in [1.82, 2.24) is 10.2 Å². The molecule has 5 heteroatoms. The average molecular weight is 224 g/mol. The first-order chi connectivity index (χ1) is 7.37. The number of aliphatic hydroxyl groups excluding tert-OH is 1. The fourth-order valence-corrected chi connectivity index (χ4v) is 1.44. The third-order valence-electron chi connectivity index (χ3n) is 2.05. The van der Waals surface area contributed by atoms with Crippen LogP contribution in [-0.4, -0.2) is 28.0 Å². The fourth-order valence-electron chi connectivity index (χ4n) is 1.44. The van der Waals surface area contributed by atoms with Crippen LogP contribution in [0.25, 0.3) is 0 Å². The Morgan fingerprint density at radius 3 is 2.56 bits per heavy atom. The van der Waals surface area contributed by atoms with Crippen LogP contribution in [0.3, 0.4) is 0 Å². The molecule has 1 aromatic heterocycles. The van der Waals surface area contributed by atoms with Gasteiger partial charge in [0.1, 0.15) is 11.6 Å². The quantitative estimate of drug-likeness (QED) is 0.717. The molecule has 0 bridgehead atoms. The molecule has 16 heavy (non-hydrogen) atoms. The molecular formula is C11H20N4O. The minimum Gasteiger partial charge on any atom is -0.391 e. The van der Waals surface area contributed by atoms with Crippen LogP contribution < -0.4 is 11.1 Å². The van der Waals surface area contributed by atoms with Crippen molar-refractivity contribution in [3.63, 3.8) is 0 Å². The third kappa shape index (κ3) is 4.93. The van der Waals surface area contributed by atoms with Crippen LogP contribution in [-0.2, 0) is 0 Å². The molecule has 1 rings (SSSR count). The molecular weight excluding hydrogens is 204 g/mol. The highest BCUT2D eigenvalue weighted by Crippen LogP contribution is 2.20. The summed E-state index contributed by atoms with van der Waals surface area (Å²) in [6.07, 6.45) is 0.349. The molecule has 0 spiro atoms. The van der Waals surface area contributed by atoms with Gasteiger partial charge in [0, 0.05) is 6.54 Å². The van der Waals surface area contributed by atoms with E-state index in [2.05, 4.69) is 36.3 Å². The van der Waals surface area contributed by atoms with Crippen molar-refractivity contribution in [2.45, 2.75) is 33.3 Å². The molecule has 0 aliphatic carbocycles. The van der Waals surface area contributed by atoms with Crippen LogP contribution in [0.1, 0.15) is 27.2 Å². The molecule has 4 N–H and O–H groups in total. The molecule has 0 aromatic carbocycles. The van der Waals surface area contributed by atoms with Gasteiger partial charge in [-0.1, -0.05) is 20.8 Å². The molecule has 1 atom stereocenters. The number of hydrogen-bond acceptors (Lipinski definition) is 5. The zero-order valence-electron chi connectivity index (χ0n) is 10.1. The molecule has 5 nitrogen and oxygen atoms in total. The number of nitrogens with zero attached hydrogens (tertiary/aromatic N) is 2. The normalized spacial score (nSPS) is 13.5. The van der Waals surface area contributed by atoms with E-state index in [4.69, 9.17) is 5.73 Å². The summed E-state index contributed by atoms with van der Waals surface area (Å²) in [7, 11) is 0. The second-order valence-electron chi connectivity index (χ2n) is 5.14. The maximum absolute atomic E-state index is 9.77. The maximum atomic E-state index is 9.77. The molecule has 0 fully saturated rings. The van der Waals surface area contributed by atoms with Gasteiger partial charge < -0.3 is 16.2 Å². The van der Waals surface area contributed by atoms with Crippen LogP contribution in [0.15, 0.2) is 12.1 Å². The molecule has 0 radical (unpaired) electrons. The topological polar surface area (TPSA) is 84.1 Å². The molecule has 0 saturated carbocycles. The Kier molecular flexibility index (Phi) is 4.06. The summed E-state index contributed by atoms with van der Waals surface area (Å²) in [4.78, 5) is 0. The third-order valence-corrected chi connectivity index (χ3v) is 2.05. The summed E-state index contributed by atoms with van der Waals surface area (Å²) in [5.41, 5.74) is 5.53. The Hall–Kier alpha value is -1.36. The van der Waals surface area contributed by atoms with E-state index in [1.807, 2.05) is 0 Å². The van der Waals surface area contributed by atoms with Crippen LogP contribution in [0.4, 0.5) is 11.6 Å². The maximum Gasteiger partial charge on any atom is 0.148 e. The minimum absolute atomic E-state index is 0.119. The van der Waals surface area contributed by atoms with Gasteiger partial charge in [0.05, 0.1) is 6.10 Å².